The third kappa shape index (κ3) is 2.78. The van der Waals surface area contributed by atoms with Gasteiger partial charge in [0.1, 0.15) is 0 Å². The highest BCUT2D eigenvalue weighted by atomic mass is 16.6. The number of nitrogens with two attached hydrogens (primary N) is 1. The van der Waals surface area contributed by atoms with Gasteiger partial charge in [0.25, 0.3) is 11.6 Å². The van der Waals surface area contributed by atoms with E-state index in [-0.39, 0.29) is 17.8 Å². The highest BCUT2D eigenvalue weighted by Gasteiger charge is 2.44. The Balaban J connectivity index is 2.22. The number of primary amides is 1. The summed E-state index contributed by atoms with van der Waals surface area (Å²) in [5.41, 5.74) is 4.41. The molecule has 1 aromatic carbocycles. The summed E-state index contributed by atoms with van der Waals surface area (Å²) in [4.78, 5) is 32.7. The molecular formula is C13H15N3O5. The van der Waals surface area contributed by atoms with E-state index < -0.39 is 22.2 Å². The molecule has 2 rings (SSSR count). The van der Waals surface area contributed by atoms with Crippen molar-refractivity contribution in [2.24, 2.45) is 11.1 Å². The molecule has 8 nitrogen and oxygen atoms in total. The quantitative estimate of drug-likeness (QED) is 0.535. The van der Waals surface area contributed by atoms with E-state index in [1.807, 2.05) is 0 Å². The molecule has 1 aliphatic carbocycles. The molecule has 1 amide bonds. The first-order chi connectivity index (χ1) is 9.85. The van der Waals surface area contributed by atoms with Crippen molar-refractivity contribution < 1.29 is 19.6 Å². The monoisotopic (exact) mass is 293 g/mol. The molecule has 4 N–H and O–H groups in total. The smallest absolute Gasteiger partial charge is 0.311 e. The van der Waals surface area contributed by atoms with Crippen LogP contribution in [0, 0.1) is 15.5 Å². The Morgan fingerprint density at radius 3 is 2.52 bits per heavy atom. The summed E-state index contributed by atoms with van der Waals surface area (Å²) in [5, 5.41) is 22.8. The lowest BCUT2D eigenvalue weighted by molar-refractivity contribution is -0.384. The van der Waals surface area contributed by atoms with Gasteiger partial charge in [0.05, 0.1) is 15.9 Å². The Bertz CT molecular complexity index is 610. The van der Waals surface area contributed by atoms with Gasteiger partial charge in [-0.25, -0.2) is 0 Å². The Morgan fingerprint density at radius 1 is 1.43 bits per heavy atom. The molecule has 0 bridgehead atoms. The van der Waals surface area contributed by atoms with Crippen LogP contribution in [0.3, 0.4) is 0 Å². The van der Waals surface area contributed by atoms with Crippen LogP contribution in [0.1, 0.15) is 29.6 Å². The SMILES string of the molecule is NC(=O)c1cc([N+](=O)[O-])ccc1NCC1(C(=O)O)CCC1. The van der Waals surface area contributed by atoms with Crippen molar-refractivity contribution >= 4 is 23.3 Å². The number of nitrogens with one attached hydrogen (secondary N) is 1. The predicted octanol–water partition coefficient (Wildman–Crippen LogP) is 1.36. The van der Waals surface area contributed by atoms with Crippen molar-refractivity contribution in [3.63, 3.8) is 0 Å². The van der Waals surface area contributed by atoms with Crippen molar-refractivity contribution in [2.45, 2.75) is 19.3 Å². The van der Waals surface area contributed by atoms with Crippen LogP contribution in [0.2, 0.25) is 0 Å². The van der Waals surface area contributed by atoms with Crippen LogP contribution in [-0.4, -0.2) is 28.5 Å². The minimum Gasteiger partial charge on any atom is -0.481 e. The molecule has 0 atom stereocenters. The van der Waals surface area contributed by atoms with Crippen molar-refractivity contribution in [1.82, 2.24) is 0 Å². The minimum atomic E-state index is -0.885. The molecular weight excluding hydrogens is 278 g/mol. The number of nitro groups is 1. The fraction of sp³-hybridized carbons (Fsp3) is 0.385. The maximum Gasteiger partial charge on any atom is 0.311 e. The maximum absolute atomic E-state index is 11.4. The number of aliphatic carboxylic acids is 1. The molecule has 8 heteroatoms. The molecule has 0 unspecified atom stereocenters. The van der Waals surface area contributed by atoms with Gasteiger partial charge in [-0.2, -0.15) is 0 Å². The number of nitro benzene ring substituents is 1. The van der Waals surface area contributed by atoms with E-state index in [0.717, 1.165) is 12.5 Å². The molecule has 1 saturated carbocycles. The Labute approximate surface area is 120 Å². The number of rotatable bonds is 6. The third-order valence-electron chi connectivity index (χ3n) is 3.86. The molecule has 1 fully saturated rings. The van der Waals surface area contributed by atoms with Gasteiger partial charge in [0, 0.05) is 24.4 Å². The maximum atomic E-state index is 11.4. The second-order valence-electron chi connectivity index (χ2n) is 5.14. The molecule has 1 aliphatic rings. The first-order valence-electron chi connectivity index (χ1n) is 6.41. The van der Waals surface area contributed by atoms with Crippen LogP contribution < -0.4 is 11.1 Å². The molecule has 0 spiro atoms. The number of carboxylic acid groups (broad SMARTS) is 1. The zero-order valence-corrected chi connectivity index (χ0v) is 11.2. The van der Waals surface area contributed by atoms with Gasteiger partial charge in [0.15, 0.2) is 0 Å². The van der Waals surface area contributed by atoms with E-state index in [1.54, 1.807) is 0 Å². The highest BCUT2D eigenvalue weighted by Crippen LogP contribution is 2.41. The van der Waals surface area contributed by atoms with Gasteiger partial charge < -0.3 is 16.2 Å². The number of carbonyl (C=O) groups is 2. The number of anilines is 1. The number of carbonyl (C=O) groups excluding carboxylic acids is 1. The average Bonchev–Trinajstić information content (AvgIpc) is 2.36. The summed E-state index contributed by atoms with van der Waals surface area (Å²) in [6.07, 6.45) is 1.97. The van der Waals surface area contributed by atoms with E-state index in [1.165, 1.54) is 12.1 Å². The number of benzene rings is 1. The molecule has 0 heterocycles. The van der Waals surface area contributed by atoms with Crippen LogP contribution in [0.15, 0.2) is 18.2 Å². The van der Waals surface area contributed by atoms with Gasteiger partial charge >= 0.3 is 5.97 Å². The molecule has 0 aromatic heterocycles. The minimum absolute atomic E-state index is 0.0240. The second-order valence-corrected chi connectivity index (χ2v) is 5.14. The average molecular weight is 293 g/mol. The molecule has 1 aromatic rings. The number of hydrogen-bond donors (Lipinski definition) is 3. The number of amides is 1. The molecule has 0 aliphatic heterocycles. The first-order valence-corrected chi connectivity index (χ1v) is 6.41. The molecule has 0 saturated heterocycles. The fourth-order valence-electron chi connectivity index (χ4n) is 2.34. The van der Waals surface area contributed by atoms with Crippen molar-refractivity contribution in [3.8, 4) is 0 Å². The van der Waals surface area contributed by atoms with Crippen LogP contribution in [0.4, 0.5) is 11.4 Å². The Kier molecular flexibility index (Phi) is 3.79. The van der Waals surface area contributed by atoms with Crippen LogP contribution in [0.5, 0.6) is 0 Å². The van der Waals surface area contributed by atoms with Crippen LogP contribution in [-0.2, 0) is 4.79 Å². The van der Waals surface area contributed by atoms with E-state index in [0.29, 0.717) is 18.5 Å². The van der Waals surface area contributed by atoms with Gasteiger partial charge in [-0.1, -0.05) is 6.42 Å². The van der Waals surface area contributed by atoms with Crippen LogP contribution >= 0.6 is 0 Å². The van der Waals surface area contributed by atoms with Gasteiger partial charge in [-0.3, -0.25) is 19.7 Å². The normalized spacial score (nSPS) is 15.8. The lowest BCUT2D eigenvalue weighted by Gasteiger charge is -2.38. The Morgan fingerprint density at radius 2 is 2.10 bits per heavy atom. The van der Waals surface area contributed by atoms with E-state index >= 15 is 0 Å². The third-order valence-corrected chi connectivity index (χ3v) is 3.86. The predicted molar refractivity (Wildman–Crippen MR) is 74.0 cm³/mol. The van der Waals surface area contributed by atoms with Crippen molar-refractivity contribution in [2.75, 3.05) is 11.9 Å². The fourth-order valence-corrected chi connectivity index (χ4v) is 2.34. The lowest BCUT2D eigenvalue weighted by atomic mass is 9.69. The summed E-state index contributed by atoms with van der Waals surface area (Å²) in [6, 6.07) is 3.69. The first kappa shape index (κ1) is 14.8. The number of hydrogen-bond acceptors (Lipinski definition) is 5. The van der Waals surface area contributed by atoms with Gasteiger partial charge in [-0.05, 0) is 18.9 Å². The molecule has 21 heavy (non-hydrogen) atoms. The van der Waals surface area contributed by atoms with E-state index in [9.17, 15) is 24.8 Å². The zero-order valence-electron chi connectivity index (χ0n) is 11.2. The van der Waals surface area contributed by atoms with Gasteiger partial charge in [0.2, 0.25) is 0 Å². The number of nitrogens with zero attached hydrogens (tertiary/aromatic N) is 1. The number of non-ortho nitro benzene ring substituents is 1. The molecule has 0 radical (unpaired) electrons. The van der Waals surface area contributed by atoms with Gasteiger partial charge in [-0.15, -0.1) is 0 Å². The Hall–Kier alpha value is -2.64. The number of carboxylic acids is 1. The second kappa shape index (κ2) is 5.39. The zero-order chi connectivity index (χ0) is 15.6. The lowest BCUT2D eigenvalue weighted by Crippen LogP contribution is -2.43. The van der Waals surface area contributed by atoms with Crippen molar-refractivity contribution in [1.29, 1.82) is 0 Å². The van der Waals surface area contributed by atoms with E-state index in [2.05, 4.69) is 5.32 Å². The standard InChI is InChI=1S/C13H15N3O5/c14-11(17)9-6-8(16(20)21)2-3-10(9)15-7-13(12(18)19)4-1-5-13/h2-3,6,15H,1,4-5,7H2,(H2,14,17)(H,18,19). The largest absolute Gasteiger partial charge is 0.481 e. The topological polar surface area (TPSA) is 136 Å². The van der Waals surface area contributed by atoms with Crippen molar-refractivity contribution in [3.05, 3.63) is 33.9 Å². The molecule has 112 valence electrons. The van der Waals surface area contributed by atoms with Crippen LogP contribution in [0.25, 0.3) is 0 Å². The van der Waals surface area contributed by atoms with E-state index in [4.69, 9.17) is 5.73 Å². The summed E-state index contributed by atoms with van der Waals surface area (Å²) >= 11 is 0. The summed E-state index contributed by atoms with van der Waals surface area (Å²) < 4.78 is 0. The summed E-state index contributed by atoms with van der Waals surface area (Å²) in [5.74, 6) is -1.69. The summed E-state index contributed by atoms with van der Waals surface area (Å²) in [6.45, 7) is 0.153. The summed E-state index contributed by atoms with van der Waals surface area (Å²) in [7, 11) is 0. The highest BCUT2D eigenvalue weighted by molar-refractivity contribution is 5.99.